The van der Waals surface area contributed by atoms with Crippen LogP contribution in [0.1, 0.15) is 33.6 Å². The van der Waals surface area contributed by atoms with Gasteiger partial charge in [-0.1, -0.05) is 0 Å². The zero-order valence-corrected chi connectivity index (χ0v) is 13.3. The van der Waals surface area contributed by atoms with Gasteiger partial charge in [0.15, 0.2) is 0 Å². The molecule has 1 N–H and O–H groups in total. The Morgan fingerprint density at radius 3 is 2.52 bits per heavy atom. The molecule has 0 aromatic rings. The molecule has 21 heavy (non-hydrogen) atoms. The quantitative estimate of drug-likeness (QED) is 0.771. The summed E-state index contributed by atoms with van der Waals surface area (Å²) < 4.78 is 5.09. The fraction of sp³-hybridized carbons (Fsp3) is 0.786. The van der Waals surface area contributed by atoms with Gasteiger partial charge in [-0.05, 0) is 27.2 Å². The predicted molar refractivity (Wildman–Crippen MR) is 77.7 cm³/mol. The lowest BCUT2D eigenvalue weighted by Gasteiger charge is -2.32. The molecule has 1 heterocycles. The third-order valence-corrected chi connectivity index (χ3v) is 3.05. The number of carbonyl (C=O) groups excluding carboxylic acids is 3. The summed E-state index contributed by atoms with van der Waals surface area (Å²) in [7, 11) is 1.73. The Balaban J connectivity index is 2.19. The molecule has 0 unspecified atom stereocenters. The van der Waals surface area contributed by atoms with Crippen LogP contribution in [0.4, 0.5) is 4.79 Å². The molecule has 7 heteroatoms. The van der Waals surface area contributed by atoms with Crippen molar-refractivity contribution in [2.75, 3.05) is 33.2 Å². The largest absolute Gasteiger partial charge is 0.444 e. The lowest BCUT2D eigenvalue weighted by atomic mass is 10.2. The minimum atomic E-state index is -0.528. The molecule has 0 aliphatic carbocycles. The maximum Gasteiger partial charge on any atom is 0.407 e. The standard InChI is InChI=1S/C14H25N3O4/c1-14(2,3)21-13(20)15-7-5-6-11(18)17-9-8-16(4)12(19)10-17/h5-10H2,1-4H3,(H,15,20). The Bertz CT molecular complexity index is 404. The fourth-order valence-corrected chi connectivity index (χ4v) is 1.87. The van der Waals surface area contributed by atoms with Crippen molar-refractivity contribution in [1.82, 2.24) is 15.1 Å². The van der Waals surface area contributed by atoms with Crippen LogP contribution in [-0.2, 0) is 14.3 Å². The van der Waals surface area contributed by atoms with E-state index in [2.05, 4.69) is 5.32 Å². The molecule has 0 spiro atoms. The van der Waals surface area contributed by atoms with Gasteiger partial charge in [0.25, 0.3) is 0 Å². The summed E-state index contributed by atoms with van der Waals surface area (Å²) in [6, 6.07) is 0. The number of amides is 3. The van der Waals surface area contributed by atoms with Gasteiger partial charge in [0, 0.05) is 33.1 Å². The monoisotopic (exact) mass is 299 g/mol. The van der Waals surface area contributed by atoms with Crippen LogP contribution in [0.25, 0.3) is 0 Å². The van der Waals surface area contributed by atoms with Gasteiger partial charge in [-0.3, -0.25) is 9.59 Å². The number of nitrogens with zero attached hydrogens (tertiary/aromatic N) is 2. The maximum absolute atomic E-state index is 11.9. The van der Waals surface area contributed by atoms with Crippen LogP contribution in [-0.4, -0.2) is 66.5 Å². The van der Waals surface area contributed by atoms with Gasteiger partial charge < -0.3 is 19.9 Å². The van der Waals surface area contributed by atoms with Crippen molar-refractivity contribution < 1.29 is 19.1 Å². The molecule has 7 nitrogen and oxygen atoms in total. The van der Waals surface area contributed by atoms with E-state index in [1.54, 1.807) is 37.6 Å². The van der Waals surface area contributed by atoms with E-state index in [4.69, 9.17) is 4.74 Å². The molecular weight excluding hydrogens is 274 g/mol. The molecule has 1 rings (SSSR count). The van der Waals surface area contributed by atoms with Crippen LogP contribution in [0.2, 0.25) is 0 Å². The highest BCUT2D eigenvalue weighted by molar-refractivity contribution is 5.85. The van der Waals surface area contributed by atoms with Crippen molar-refractivity contribution in [2.45, 2.75) is 39.2 Å². The predicted octanol–water partition coefficient (Wildman–Crippen LogP) is 0.592. The van der Waals surface area contributed by atoms with Crippen LogP contribution in [0.5, 0.6) is 0 Å². The third-order valence-electron chi connectivity index (χ3n) is 3.05. The van der Waals surface area contributed by atoms with Gasteiger partial charge in [-0.2, -0.15) is 0 Å². The molecule has 0 bridgehead atoms. The molecule has 0 aromatic carbocycles. The highest BCUT2D eigenvalue weighted by Crippen LogP contribution is 2.07. The normalized spacial score (nSPS) is 15.9. The second-order valence-electron chi connectivity index (χ2n) is 6.16. The summed E-state index contributed by atoms with van der Waals surface area (Å²) >= 11 is 0. The first-order valence-electron chi connectivity index (χ1n) is 7.17. The van der Waals surface area contributed by atoms with Crippen LogP contribution in [0, 0.1) is 0 Å². The van der Waals surface area contributed by atoms with Gasteiger partial charge >= 0.3 is 6.09 Å². The molecule has 1 aliphatic rings. The summed E-state index contributed by atoms with van der Waals surface area (Å²) in [6.07, 6.45) is 0.357. The topological polar surface area (TPSA) is 78.9 Å². The SMILES string of the molecule is CN1CCN(C(=O)CCCNC(=O)OC(C)(C)C)CC1=O. The summed E-state index contributed by atoms with van der Waals surface area (Å²) in [5.41, 5.74) is -0.528. The highest BCUT2D eigenvalue weighted by atomic mass is 16.6. The first-order valence-corrected chi connectivity index (χ1v) is 7.17. The molecule has 3 amide bonds. The number of ether oxygens (including phenoxy) is 1. The summed E-state index contributed by atoms with van der Waals surface area (Å²) in [5.74, 6) is -0.0936. The second kappa shape index (κ2) is 7.28. The van der Waals surface area contributed by atoms with Gasteiger partial charge in [0.2, 0.25) is 11.8 Å². The smallest absolute Gasteiger partial charge is 0.407 e. The van der Waals surface area contributed by atoms with E-state index in [1.807, 2.05) is 0 Å². The Labute approximate surface area is 125 Å². The van der Waals surface area contributed by atoms with Gasteiger partial charge in [0.1, 0.15) is 5.60 Å². The highest BCUT2D eigenvalue weighted by Gasteiger charge is 2.24. The minimum absolute atomic E-state index is 0.0403. The van der Waals surface area contributed by atoms with Gasteiger partial charge in [-0.15, -0.1) is 0 Å². The summed E-state index contributed by atoms with van der Waals surface area (Å²) in [5, 5.41) is 2.61. The minimum Gasteiger partial charge on any atom is -0.444 e. The lowest BCUT2D eigenvalue weighted by Crippen LogP contribution is -2.50. The van der Waals surface area contributed by atoms with Crippen LogP contribution >= 0.6 is 0 Å². The van der Waals surface area contributed by atoms with Crippen LogP contribution < -0.4 is 5.32 Å². The maximum atomic E-state index is 11.9. The molecule has 0 saturated carbocycles. The molecule has 0 atom stereocenters. The zero-order valence-electron chi connectivity index (χ0n) is 13.3. The molecule has 1 fully saturated rings. The van der Waals surface area contributed by atoms with E-state index < -0.39 is 11.7 Å². The van der Waals surface area contributed by atoms with E-state index in [0.717, 1.165) is 0 Å². The molecule has 1 aliphatic heterocycles. The van der Waals surface area contributed by atoms with Crippen molar-refractivity contribution in [3.05, 3.63) is 0 Å². The number of rotatable bonds is 4. The summed E-state index contributed by atoms with van der Waals surface area (Å²) in [4.78, 5) is 38.0. The van der Waals surface area contributed by atoms with Gasteiger partial charge in [-0.25, -0.2) is 4.79 Å². The summed E-state index contributed by atoms with van der Waals surface area (Å²) in [6.45, 7) is 7.04. The fourth-order valence-electron chi connectivity index (χ4n) is 1.87. The number of likely N-dealkylation sites (N-methyl/N-ethyl adjacent to an activating group) is 1. The number of hydrogen-bond donors (Lipinski definition) is 1. The average Bonchev–Trinajstić information content (AvgIpc) is 2.35. The number of nitrogens with one attached hydrogen (secondary N) is 1. The average molecular weight is 299 g/mol. The number of alkyl carbamates (subject to hydrolysis) is 1. The third kappa shape index (κ3) is 6.46. The Morgan fingerprint density at radius 2 is 1.95 bits per heavy atom. The van der Waals surface area contributed by atoms with Crippen molar-refractivity contribution in [2.24, 2.45) is 0 Å². The zero-order chi connectivity index (χ0) is 16.0. The molecular formula is C14H25N3O4. The number of piperazine rings is 1. The molecule has 0 aromatic heterocycles. The first kappa shape index (κ1) is 17.3. The van der Waals surface area contributed by atoms with E-state index in [0.29, 0.717) is 32.5 Å². The molecule has 120 valence electrons. The number of hydrogen-bond acceptors (Lipinski definition) is 4. The lowest BCUT2D eigenvalue weighted by molar-refractivity contribution is -0.144. The van der Waals surface area contributed by atoms with Crippen molar-refractivity contribution >= 4 is 17.9 Å². The second-order valence-corrected chi connectivity index (χ2v) is 6.16. The van der Waals surface area contributed by atoms with Gasteiger partial charge in [0.05, 0.1) is 6.54 Å². The van der Waals surface area contributed by atoms with E-state index in [-0.39, 0.29) is 18.4 Å². The van der Waals surface area contributed by atoms with Crippen LogP contribution in [0.15, 0.2) is 0 Å². The number of carbonyl (C=O) groups is 3. The molecule has 1 saturated heterocycles. The van der Waals surface area contributed by atoms with Crippen molar-refractivity contribution in [3.8, 4) is 0 Å². The van der Waals surface area contributed by atoms with Crippen molar-refractivity contribution in [3.63, 3.8) is 0 Å². The van der Waals surface area contributed by atoms with Crippen LogP contribution in [0.3, 0.4) is 0 Å². The first-order chi connectivity index (χ1) is 9.69. The van der Waals surface area contributed by atoms with E-state index >= 15 is 0 Å². The Kier molecular flexibility index (Phi) is 5.99. The van der Waals surface area contributed by atoms with E-state index in [1.165, 1.54) is 0 Å². The Hall–Kier alpha value is -1.79. The van der Waals surface area contributed by atoms with Crippen molar-refractivity contribution in [1.29, 1.82) is 0 Å². The van der Waals surface area contributed by atoms with E-state index in [9.17, 15) is 14.4 Å². The Morgan fingerprint density at radius 1 is 1.29 bits per heavy atom. The molecule has 0 radical (unpaired) electrons.